The number of rotatable bonds is 4. The number of hydrogen-bond acceptors (Lipinski definition) is 4. The monoisotopic (exact) mass is 321 g/mol. The molecule has 0 saturated carbocycles. The molecule has 0 aromatic heterocycles. The van der Waals surface area contributed by atoms with Gasteiger partial charge in [-0.1, -0.05) is 6.07 Å². The molecular formula is C15H19N3O3S. The highest BCUT2D eigenvalue weighted by Crippen LogP contribution is 2.18. The van der Waals surface area contributed by atoms with E-state index >= 15 is 0 Å². The lowest BCUT2D eigenvalue weighted by atomic mass is 9.97. The van der Waals surface area contributed by atoms with Crippen LogP contribution in [0.1, 0.15) is 28.8 Å². The minimum Gasteiger partial charge on any atom is -0.338 e. The van der Waals surface area contributed by atoms with Gasteiger partial charge in [-0.3, -0.25) is 4.79 Å². The minimum absolute atomic E-state index is 0.110. The third-order valence-corrected chi connectivity index (χ3v) is 4.37. The van der Waals surface area contributed by atoms with E-state index in [9.17, 15) is 13.2 Å². The molecule has 1 atom stereocenters. The number of carbonyl (C=O) groups excluding carboxylic acids is 1. The third kappa shape index (κ3) is 4.55. The highest BCUT2D eigenvalue weighted by atomic mass is 32.2. The molecule has 7 heteroatoms. The van der Waals surface area contributed by atoms with E-state index in [1.807, 2.05) is 6.07 Å². The minimum atomic E-state index is -3.21. The van der Waals surface area contributed by atoms with Crippen LogP contribution in [0, 0.1) is 17.2 Å². The highest BCUT2D eigenvalue weighted by molar-refractivity contribution is 7.88. The van der Waals surface area contributed by atoms with Gasteiger partial charge >= 0.3 is 0 Å². The number of nitriles is 1. The van der Waals surface area contributed by atoms with Crippen molar-refractivity contribution in [3.63, 3.8) is 0 Å². The van der Waals surface area contributed by atoms with E-state index in [0.717, 1.165) is 19.1 Å². The Morgan fingerprint density at radius 1 is 1.50 bits per heavy atom. The fraction of sp³-hybridized carbons (Fsp3) is 0.467. The molecule has 1 aromatic carbocycles. The molecule has 2 rings (SSSR count). The molecule has 118 valence electrons. The van der Waals surface area contributed by atoms with Crippen molar-refractivity contribution in [2.45, 2.75) is 12.8 Å². The topological polar surface area (TPSA) is 90.3 Å². The van der Waals surface area contributed by atoms with Crippen LogP contribution in [0.25, 0.3) is 0 Å². The predicted octanol–water partition coefficient (Wildman–Crippen LogP) is 0.960. The fourth-order valence-corrected chi connectivity index (χ4v) is 3.13. The molecule has 0 unspecified atom stereocenters. The molecule has 6 nitrogen and oxygen atoms in total. The van der Waals surface area contributed by atoms with Crippen LogP contribution in [0.3, 0.4) is 0 Å². The summed E-state index contributed by atoms with van der Waals surface area (Å²) in [6.07, 6.45) is 2.87. The van der Waals surface area contributed by atoms with Crippen molar-refractivity contribution in [2.24, 2.45) is 5.92 Å². The smallest absolute Gasteiger partial charge is 0.253 e. The zero-order valence-electron chi connectivity index (χ0n) is 12.4. The van der Waals surface area contributed by atoms with E-state index in [1.54, 1.807) is 29.2 Å². The van der Waals surface area contributed by atoms with Gasteiger partial charge in [0.15, 0.2) is 0 Å². The SMILES string of the molecule is CS(=O)(=O)NC[C@H]1CCCN(C(=O)c2cccc(C#N)c2)C1. The number of nitrogens with zero attached hydrogens (tertiary/aromatic N) is 2. The van der Waals surface area contributed by atoms with Gasteiger partial charge in [-0.05, 0) is 37.0 Å². The molecule has 1 amide bonds. The maximum Gasteiger partial charge on any atom is 0.253 e. The van der Waals surface area contributed by atoms with Gasteiger partial charge in [-0.2, -0.15) is 5.26 Å². The number of amides is 1. The highest BCUT2D eigenvalue weighted by Gasteiger charge is 2.25. The molecule has 0 radical (unpaired) electrons. The molecule has 1 aliphatic rings. The summed E-state index contributed by atoms with van der Waals surface area (Å²) in [5.41, 5.74) is 0.953. The van der Waals surface area contributed by atoms with Gasteiger partial charge in [-0.25, -0.2) is 13.1 Å². The number of carbonyl (C=O) groups is 1. The van der Waals surface area contributed by atoms with Crippen LogP contribution in [0.4, 0.5) is 0 Å². The molecule has 1 fully saturated rings. The maximum atomic E-state index is 12.5. The van der Waals surface area contributed by atoms with Gasteiger partial charge in [0.25, 0.3) is 5.91 Å². The Bertz CT molecular complexity index is 694. The molecule has 1 N–H and O–H groups in total. The number of likely N-dealkylation sites (tertiary alicyclic amines) is 1. The summed E-state index contributed by atoms with van der Waals surface area (Å²) in [5.74, 6) is 0.00716. The van der Waals surface area contributed by atoms with E-state index in [4.69, 9.17) is 5.26 Å². The Balaban J connectivity index is 2.02. The molecule has 22 heavy (non-hydrogen) atoms. The second kappa shape index (κ2) is 6.90. The largest absolute Gasteiger partial charge is 0.338 e. The van der Waals surface area contributed by atoms with Crippen LogP contribution >= 0.6 is 0 Å². The van der Waals surface area contributed by atoms with Crippen LogP contribution in [0.5, 0.6) is 0 Å². The number of hydrogen-bond donors (Lipinski definition) is 1. The van der Waals surface area contributed by atoms with Crippen molar-refractivity contribution in [2.75, 3.05) is 25.9 Å². The lowest BCUT2D eigenvalue weighted by Gasteiger charge is -2.32. The maximum absolute atomic E-state index is 12.5. The molecule has 1 aliphatic heterocycles. The fourth-order valence-electron chi connectivity index (χ4n) is 2.59. The lowest BCUT2D eigenvalue weighted by Crippen LogP contribution is -2.43. The Hall–Kier alpha value is -1.91. The van der Waals surface area contributed by atoms with Crippen LogP contribution in [-0.2, 0) is 10.0 Å². The molecule has 0 bridgehead atoms. The second-order valence-electron chi connectivity index (χ2n) is 5.57. The molecule has 0 aliphatic carbocycles. The van der Waals surface area contributed by atoms with Crippen molar-refractivity contribution in [3.05, 3.63) is 35.4 Å². The third-order valence-electron chi connectivity index (χ3n) is 3.68. The number of piperidine rings is 1. The van der Waals surface area contributed by atoms with Gasteiger partial charge in [0.1, 0.15) is 0 Å². The zero-order valence-corrected chi connectivity index (χ0v) is 13.3. The predicted molar refractivity (Wildman–Crippen MR) is 82.6 cm³/mol. The summed E-state index contributed by atoms with van der Waals surface area (Å²) in [5, 5.41) is 8.90. The van der Waals surface area contributed by atoms with Crippen LogP contribution in [0.2, 0.25) is 0 Å². The molecular weight excluding hydrogens is 302 g/mol. The van der Waals surface area contributed by atoms with Gasteiger partial charge in [0, 0.05) is 25.2 Å². The van der Waals surface area contributed by atoms with E-state index in [2.05, 4.69) is 4.72 Å². The van der Waals surface area contributed by atoms with Crippen molar-refractivity contribution < 1.29 is 13.2 Å². The Morgan fingerprint density at radius 3 is 2.95 bits per heavy atom. The number of benzene rings is 1. The van der Waals surface area contributed by atoms with Gasteiger partial charge in [0.05, 0.1) is 17.9 Å². The van der Waals surface area contributed by atoms with Crippen molar-refractivity contribution in [1.29, 1.82) is 5.26 Å². The Kier molecular flexibility index (Phi) is 5.16. The average Bonchev–Trinajstić information content (AvgIpc) is 2.52. The first kappa shape index (κ1) is 16.5. The first-order chi connectivity index (χ1) is 10.4. The summed E-state index contributed by atoms with van der Waals surface area (Å²) in [4.78, 5) is 14.2. The summed E-state index contributed by atoms with van der Waals surface area (Å²) >= 11 is 0. The van der Waals surface area contributed by atoms with Gasteiger partial charge in [0.2, 0.25) is 10.0 Å². The van der Waals surface area contributed by atoms with Crippen molar-refractivity contribution in [3.8, 4) is 6.07 Å². The summed E-state index contributed by atoms with van der Waals surface area (Å²) in [6.45, 7) is 1.53. The Labute approximate surface area is 130 Å². The molecule has 1 aromatic rings. The van der Waals surface area contributed by atoms with E-state index in [0.29, 0.717) is 30.8 Å². The summed E-state index contributed by atoms with van der Waals surface area (Å²) in [6, 6.07) is 8.65. The molecule has 1 heterocycles. The number of sulfonamides is 1. The van der Waals surface area contributed by atoms with E-state index in [-0.39, 0.29) is 11.8 Å². The quantitative estimate of drug-likeness (QED) is 0.894. The van der Waals surface area contributed by atoms with E-state index in [1.165, 1.54) is 0 Å². The summed E-state index contributed by atoms with van der Waals surface area (Å²) in [7, 11) is -3.21. The first-order valence-corrected chi connectivity index (χ1v) is 9.02. The summed E-state index contributed by atoms with van der Waals surface area (Å²) < 4.78 is 24.8. The zero-order chi connectivity index (χ0) is 16.2. The van der Waals surface area contributed by atoms with Crippen molar-refractivity contribution >= 4 is 15.9 Å². The van der Waals surface area contributed by atoms with Crippen molar-refractivity contribution in [1.82, 2.24) is 9.62 Å². The standard InChI is InChI=1S/C15H19N3O3S/c1-22(20,21)17-10-13-5-3-7-18(11-13)15(19)14-6-2-4-12(8-14)9-16/h2,4,6,8,13,17H,3,5,7,10-11H2,1H3/t13-/m1/s1. The second-order valence-corrected chi connectivity index (χ2v) is 7.41. The number of nitrogens with one attached hydrogen (secondary N) is 1. The Morgan fingerprint density at radius 2 is 2.27 bits per heavy atom. The van der Waals surface area contributed by atoms with Gasteiger partial charge < -0.3 is 4.90 Å². The molecule has 1 saturated heterocycles. The van der Waals surface area contributed by atoms with Crippen LogP contribution in [0.15, 0.2) is 24.3 Å². The van der Waals surface area contributed by atoms with E-state index < -0.39 is 10.0 Å². The van der Waals surface area contributed by atoms with Gasteiger partial charge in [-0.15, -0.1) is 0 Å². The van der Waals surface area contributed by atoms with Crippen LogP contribution in [-0.4, -0.2) is 45.1 Å². The van der Waals surface area contributed by atoms with Crippen LogP contribution < -0.4 is 4.72 Å². The lowest BCUT2D eigenvalue weighted by molar-refractivity contribution is 0.0676. The average molecular weight is 321 g/mol. The first-order valence-electron chi connectivity index (χ1n) is 7.13. The molecule has 0 spiro atoms. The normalized spacial score (nSPS) is 18.7.